The van der Waals surface area contributed by atoms with E-state index < -0.39 is 10.0 Å². The van der Waals surface area contributed by atoms with Crippen LogP contribution in [0.5, 0.6) is 0 Å². The van der Waals surface area contributed by atoms with Crippen molar-refractivity contribution in [2.45, 2.75) is 62.5 Å². The lowest BCUT2D eigenvalue weighted by Gasteiger charge is -2.28. The van der Waals surface area contributed by atoms with Crippen LogP contribution >= 0.6 is 0 Å². The van der Waals surface area contributed by atoms with Gasteiger partial charge >= 0.3 is 0 Å². The number of nitrogens with zero attached hydrogens (tertiary/aromatic N) is 6. The molecule has 1 aliphatic heterocycles. The predicted molar refractivity (Wildman–Crippen MR) is 179 cm³/mol. The molecule has 2 atom stereocenters. The van der Waals surface area contributed by atoms with E-state index >= 15 is 0 Å². The van der Waals surface area contributed by atoms with Crippen molar-refractivity contribution in [1.82, 2.24) is 29.0 Å². The molecule has 0 amide bonds. The Morgan fingerprint density at radius 3 is 2.60 bits per heavy atom. The topological polar surface area (TPSA) is 147 Å². The quantitative estimate of drug-likeness (QED) is 0.227. The molecule has 4 aromatic rings. The Kier molecular flexibility index (Phi) is 9.17. The van der Waals surface area contributed by atoms with Crippen LogP contribution in [0.4, 0.5) is 17.3 Å². The summed E-state index contributed by atoms with van der Waals surface area (Å²) in [5, 5.41) is 20.8. The number of pyridine rings is 1. The van der Waals surface area contributed by atoms with Crippen molar-refractivity contribution in [3.05, 3.63) is 77.9 Å². The van der Waals surface area contributed by atoms with Gasteiger partial charge in [0.1, 0.15) is 11.6 Å². The van der Waals surface area contributed by atoms with Crippen molar-refractivity contribution in [3.63, 3.8) is 0 Å². The smallest absolute Gasteiger partial charge is 0.256 e. The van der Waals surface area contributed by atoms with Crippen molar-refractivity contribution in [3.8, 4) is 23.2 Å². The van der Waals surface area contributed by atoms with E-state index in [1.807, 2.05) is 6.07 Å². The molecule has 1 saturated heterocycles. The molecule has 244 valence electrons. The number of morpholine rings is 1. The molecule has 12 nitrogen and oxygen atoms in total. The van der Waals surface area contributed by atoms with E-state index in [1.54, 1.807) is 18.5 Å². The van der Waals surface area contributed by atoms with Crippen molar-refractivity contribution >= 4 is 27.3 Å². The van der Waals surface area contributed by atoms with E-state index in [-0.39, 0.29) is 17.4 Å². The molecule has 3 aromatic heterocycles. The van der Waals surface area contributed by atoms with E-state index in [0.717, 1.165) is 73.0 Å². The van der Waals surface area contributed by atoms with Gasteiger partial charge in [-0.15, -0.1) is 0 Å². The minimum atomic E-state index is -3.48. The van der Waals surface area contributed by atoms with Crippen LogP contribution in [-0.2, 0) is 21.3 Å². The summed E-state index contributed by atoms with van der Waals surface area (Å²) < 4.78 is 31.6. The summed E-state index contributed by atoms with van der Waals surface area (Å²) in [5.74, 6) is 7.99. The number of hydrogen-bond acceptors (Lipinski definition) is 11. The third kappa shape index (κ3) is 7.80. The highest BCUT2D eigenvalue weighted by molar-refractivity contribution is 7.90. The molecule has 7 rings (SSSR count). The van der Waals surface area contributed by atoms with Crippen molar-refractivity contribution in [2.24, 2.45) is 0 Å². The molecule has 0 spiro atoms. The van der Waals surface area contributed by atoms with Gasteiger partial charge in [-0.05, 0) is 62.3 Å². The summed E-state index contributed by atoms with van der Waals surface area (Å²) in [6.45, 7) is 4.36. The zero-order valence-electron chi connectivity index (χ0n) is 26.0. The lowest BCUT2D eigenvalue weighted by Crippen LogP contribution is -2.35. The maximum atomic E-state index is 12.6. The van der Waals surface area contributed by atoms with Gasteiger partial charge in [-0.25, -0.2) is 23.4 Å². The summed E-state index contributed by atoms with van der Waals surface area (Å²) in [6.07, 6.45) is 10.6. The van der Waals surface area contributed by atoms with Gasteiger partial charge in [-0.2, -0.15) is 9.19 Å². The number of aromatic nitrogens is 5. The number of ether oxygens (including phenoxy) is 1. The third-order valence-corrected chi connectivity index (χ3v) is 10.7. The van der Waals surface area contributed by atoms with Crippen LogP contribution in [0.1, 0.15) is 55.2 Å². The van der Waals surface area contributed by atoms with Gasteiger partial charge in [-0.1, -0.05) is 24.0 Å². The lowest BCUT2D eigenvalue weighted by molar-refractivity contribution is 0.0342. The summed E-state index contributed by atoms with van der Waals surface area (Å²) >= 11 is 0. The standard InChI is InChI=1S/C34H38N8O4S/c43-29-3-1-2-28(18-29)38-31-19-33(36-20-26(31)9-8-24-4-6-25(7-5-24)22-41-14-16-46-17-15-41)39-32-12-13-35-34(40-32)27-21-37-42(23-27)47(44,45)30-10-11-30/h4-7,12-13,19-21,23,28-30,43H,1-3,10-11,14-18,22H2,(H2,35,36,38,39,40)/t28-,29-/m0/s1. The largest absolute Gasteiger partial charge is 0.393 e. The van der Waals surface area contributed by atoms with Crippen molar-refractivity contribution < 1.29 is 18.3 Å². The minimum Gasteiger partial charge on any atom is -0.393 e. The Morgan fingerprint density at radius 2 is 1.81 bits per heavy atom. The zero-order chi connectivity index (χ0) is 32.2. The Labute approximate surface area is 274 Å². The van der Waals surface area contributed by atoms with Crippen LogP contribution in [0.3, 0.4) is 0 Å². The summed E-state index contributed by atoms with van der Waals surface area (Å²) in [5.41, 5.74) is 4.24. The molecule has 0 unspecified atom stereocenters. The normalized spacial score (nSPS) is 20.3. The molecule has 2 aliphatic carbocycles. The van der Waals surface area contributed by atoms with Gasteiger partial charge < -0.3 is 20.5 Å². The maximum Gasteiger partial charge on any atom is 0.256 e. The van der Waals surface area contributed by atoms with Crippen LogP contribution < -0.4 is 10.6 Å². The first-order valence-electron chi connectivity index (χ1n) is 16.1. The summed E-state index contributed by atoms with van der Waals surface area (Å²) in [6, 6.07) is 12.1. The fraction of sp³-hybridized carbons (Fsp3) is 0.412. The Bertz CT molecular complexity index is 1880. The molecular formula is C34H38N8O4S. The second-order valence-electron chi connectivity index (χ2n) is 12.3. The monoisotopic (exact) mass is 654 g/mol. The average molecular weight is 655 g/mol. The molecule has 3 aliphatic rings. The number of nitrogens with one attached hydrogen (secondary N) is 2. The van der Waals surface area contributed by atoms with Crippen LogP contribution in [-0.4, -0.2) is 86.3 Å². The Balaban J connectivity index is 1.09. The van der Waals surface area contributed by atoms with Gasteiger partial charge in [0.15, 0.2) is 5.82 Å². The number of aliphatic hydroxyl groups is 1. The molecule has 3 fully saturated rings. The first-order chi connectivity index (χ1) is 22.9. The van der Waals surface area contributed by atoms with Crippen molar-refractivity contribution in [1.29, 1.82) is 0 Å². The van der Waals surface area contributed by atoms with Gasteiger partial charge in [0.2, 0.25) is 0 Å². The van der Waals surface area contributed by atoms with Crippen LogP contribution in [0, 0.1) is 11.8 Å². The molecule has 2 saturated carbocycles. The average Bonchev–Trinajstić information content (AvgIpc) is 3.83. The summed E-state index contributed by atoms with van der Waals surface area (Å²) in [7, 11) is -3.48. The highest BCUT2D eigenvalue weighted by Crippen LogP contribution is 2.31. The molecule has 4 heterocycles. The van der Waals surface area contributed by atoms with E-state index in [1.165, 1.54) is 18.0 Å². The van der Waals surface area contributed by atoms with E-state index in [9.17, 15) is 13.5 Å². The van der Waals surface area contributed by atoms with Crippen LogP contribution in [0.15, 0.2) is 61.2 Å². The number of anilines is 3. The first-order valence-corrected chi connectivity index (χ1v) is 17.6. The fourth-order valence-corrected chi connectivity index (χ4v) is 7.36. The second kappa shape index (κ2) is 13.8. The first kappa shape index (κ1) is 31.3. The predicted octanol–water partition coefficient (Wildman–Crippen LogP) is 3.77. The molecule has 13 heteroatoms. The SMILES string of the molecule is O=S(=O)(C1CC1)n1cc(-c2nccc(Nc3cc(N[C@H]4CCC[C@H](O)C4)c(C#Cc4ccc(CN5CCOCC5)cc4)cn3)n2)cn1. The highest BCUT2D eigenvalue weighted by Gasteiger charge is 2.37. The fourth-order valence-electron chi connectivity index (χ4n) is 5.88. The molecule has 3 N–H and O–H groups in total. The van der Waals surface area contributed by atoms with Gasteiger partial charge in [-0.3, -0.25) is 4.90 Å². The Morgan fingerprint density at radius 1 is 0.979 bits per heavy atom. The molecule has 1 aromatic carbocycles. The van der Waals surface area contributed by atoms with Gasteiger partial charge in [0.25, 0.3) is 10.0 Å². The van der Waals surface area contributed by atoms with E-state index in [0.29, 0.717) is 42.3 Å². The Hall–Kier alpha value is -4.35. The molecular weight excluding hydrogens is 616 g/mol. The molecule has 0 radical (unpaired) electrons. The molecule has 47 heavy (non-hydrogen) atoms. The summed E-state index contributed by atoms with van der Waals surface area (Å²) in [4.78, 5) is 15.9. The second-order valence-corrected chi connectivity index (χ2v) is 14.4. The van der Waals surface area contributed by atoms with Crippen LogP contribution in [0.25, 0.3) is 11.4 Å². The third-order valence-electron chi connectivity index (χ3n) is 8.65. The van der Waals surface area contributed by atoms with Crippen molar-refractivity contribution in [2.75, 3.05) is 36.9 Å². The number of benzene rings is 1. The van der Waals surface area contributed by atoms with E-state index in [2.05, 4.69) is 71.7 Å². The van der Waals surface area contributed by atoms with E-state index in [4.69, 9.17) is 4.74 Å². The number of rotatable bonds is 9. The molecule has 0 bridgehead atoms. The highest BCUT2D eigenvalue weighted by atomic mass is 32.2. The zero-order valence-corrected chi connectivity index (χ0v) is 26.9. The van der Waals surface area contributed by atoms with Gasteiger partial charge in [0, 0.05) is 49.7 Å². The number of hydrogen-bond donors (Lipinski definition) is 3. The number of aliphatic hydroxyl groups excluding tert-OH is 1. The lowest BCUT2D eigenvalue weighted by atomic mass is 9.92. The maximum absolute atomic E-state index is 12.6. The van der Waals surface area contributed by atoms with Crippen LogP contribution in [0.2, 0.25) is 0 Å². The van der Waals surface area contributed by atoms with Gasteiger partial charge in [0.05, 0.1) is 53.8 Å². The minimum absolute atomic E-state index is 0.114.